The predicted octanol–water partition coefficient (Wildman–Crippen LogP) is 3.37. The molecule has 106 valence electrons. The zero-order chi connectivity index (χ0) is 13.8. The maximum absolute atomic E-state index is 6.12. The lowest BCUT2D eigenvalue weighted by Crippen LogP contribution is -2.31. The Hall–Kier alpha value is -0.860. The summed E-state index contributed by atoms with van der Waals surface area (Å²) in [6.45, 7) is 6.54. The number of hydrogen-bond acceptors (Lipinski definition) is 2. The highest BCUT2D eigenvalue weighted by molar-refractivity contribution is 5.33. The highest BCUT2D eigenvalue weighted by Crippen LogP contribution is 2.41. The van der Waals surface area contributed by atoms with Crippen molar-refractivity contribution >= 4 is 0 Å². The van der Waals surface area contributed by atoms with E-state index in [1.165, 1.54) is 18.4 Å². The fourth-order valence-electron chi connectivity index (χ4n) is 2.54. The third-order valence-electron chi connectivity index (χ3n) is 4.21. The van der Waals surface area contributed by atoms with Gasteiger partial charge in [-0.3, -0.25) is 0 Å². The molecule has 0 aromatic heterocycles. The lowest BCUT2D eigenvalue weighted by Gasteiger charge is -2.22. The fraction of sp³-hybridized carbons (Fsp3) is 0.647. The Labute approximate surface area is 118 Å². The third-order valence-corrected chi connectivity index (χ3v) is 4.21. The van der Waals surface area contributed by atoms with Crippen molar-refractivity contribution < 1.29 is 0 Å². The van der Waals surface area contributed by atoms with Crippen LogP contribution in [0, 0.1) is 5.92 Å². The van der Waals surface area contributed by atoms with Gasteiger partial charge in [0.25, 0.3) is 0 Å². The van der Waals surface area contributed by atoms with Gasteiger partial charge in [0.2, 0.25) is 0 Å². The van der Waals surface area contributed by atoms with E-state index in [-0.39, 0.29) is 0 Å². The molecule has 0 heterocycles. The van der Waals surface area contributed by atoms with E-state index in [9.17, 15) is 0 Å². The van der Waals surface area contributed by atoms with Crippen LogP contribution in [0.1, 0.15) is 50.2 Å². The summed E-state index contributed by atoms with van der Waals surface area (Å²) < 4.78 is 0. The number of hydrogen-bond donors (Lipinski definition) is 1. The molecule has 2 nitrogen and oxygen atoms in total. The molecule has 0 bridgehead atoms. The largest absolute Gasteiger partial charge is 0.327 e. The first-order chi connectivity index (χ1) is 9.08. The number of nitrogens with two attached hydrogens (primary N) is 1. The zero-order valence-corrected chi connectivity index (χ0v) is 12.6. The van der Waals surface area contributed by atoms with Crippen LogP contribution in [0.2, 0.25) is 0 Å². The first-order valence-electron chi connectivity index (χ1n) is 7.60. The molecule has 1 saturated carbocycles. The highest BCUT2D eigenvalue weighted by atomic mass is 15.1. The molecule has 0 radical (unpaired) electrons. The standard InChI is InChI=1S/C17H28N2/c1-13(2)17(18)10-11-19(3)12-15-6-4-5-7-16(15)14-8-9-14/h4-7,13-14,17H,8-12,18H2,1-3H3. The molecule has 2 heteroatoms. The Morgan fingerprint density at radius 1 is 1.26 bits per heavy atom. The smallest absolute Gasteiger partial charge is 0.0233 e. The number of rotatable bonds is 7. The second-order valence-electron chi connectivity index (χ2n) is 6.41. The molecule has 2 rings (SSSR count). The van der Waals surface area contributed by atoms with Gasteiger partial charge in [-0.15, -0.1) is 0 Å². The Kier molecular flexibility index (Phi) is 5.00. The van der Waals surface area contributed by atoms with E-state index in [0.29, 0.717) is 12.0 Å². The topological polar surface area (TPSA) is 29.3 Å². The van der Waals surface area contributed by atoms with E-state index in [2.05, 4.69) is 50.1 Å². The van der Waals surface area contributed by atoms with E-state index >= 15 is 0 Å². The van der Waals surface area contributed by atoms with Gasteiger partial charge < -0.3 is 10.6 Å². The molecule has 1 unspecified atom stereocenters. The maximum Gasteiger partial charge on any atom is 0.0233 e. The summed E-state index contributed by atoms with van der Waals surface area (Å²) in [6, 6.07) is 9.25. The van der Waals surface area contributed by atoms with Crippen molar-refractivity contribution in [3.63, 3.8) is 0 Å². The fourth-order valence-corrected chi connectivity index (χ4v) is 2.54. The van der Waals surface area contributed by atoms with Gasteiger partial charge in [-0.2, -0.15) is 0 Å². The van der Waals surface area contributed by atoms with Crippen molar-refractivity contribution in [2.75, 3.05) is 13.6 Å². The molecular weight excluding hydrogens is 232 g/mol. The van der Waals surface area contributed by atoms with E-state index in [1.807, 2.05) is 0 Å². The summed E-state index contributed by atoms with van der Waals surface area (Å²) in [5.74, 6) is 1.41. The average Bonchev–Trinajstić information content (AvgIpc) is 3.20. The van der Waals surface area contributed by atoms with Crippen molar-refractivity contribution in [2.24, 2.45) is 11.7 Å². The SMILES string of the molecule is CC(C)C(N)CCN(C)Cc1ccccc1C1CC1. The van der Waals surface area contributed by atoms with Crippen LogP contribution < -0.4 is 5.73 Å². The Balaban J connectivity index is 1.86. The summed E-state index contributed by atoms with van der Waals surface area (Å²) in [4.78, 5) is 2.41. The average molecular weight is 260 g/mol. The lowest BCUT2D eigenvalue weighted by atomic mass is 10.0. The van der Waals surface area contributed by atoms with Crippen LogP contribution in [-0.4, -0.2) is 24.5 Å². The van der Waals surface area contributed by atoms with Crippen LogP contribution >= 0.6 is 0 Å². The molecule has 1 aliphatic rings. The molecule has 0 saturated heterocycles. The molecule has 1 aliphatic carbocycles. The van der Waals surface area contributed by atoms with Crippen molar-refractivity contribution in [2.45, 2.75) is 51.6 Å². The number of nitrogens with zero attached hydrogens (tertiary/aromatic N) is 1. The molecule has 2 N–H and O–H groups in total. The van der Waals surface area contributed by atoms with Crippen LogP contribution in [0.15, 0.2) is 24.3 Å². The minimum Gasteiger partial charge on any atom is -0.327 e. The van der Waals surface area contributed by atoms with Crippen LogP contribution in [-0.2, 0) is 6.54 Å². The molecule has 0 spiro atoms. The Morgan fingerprint density at radius 2 is 1.95 bits per heavy atom. The van der Waals surface area contributed by atoms with Gasteiger partial charge in [-0.1, -0.05) is 38.1 Å². The van der Waals surface area contributed by atoms with Gasteiger partial charge >= 0.3 is 0 Å². The monoisotopic (exact) mass is 260 g/mol. The van der Waals surface area contributed by atoms with Gasteiger partial charge in [0.1, 0.15) is 0 Å². The van der Waals surface area contributed by atoms with E-state index in [4.69, 9.17) is 5.73 Å². The predicted molar refractivity (Wildman–Crippen MR) is 82.2 cm³/mol. The molecule has 1 aromatic rings. The third kappa shape index (κ3) is 4.32. The highest BCUT2D eigenvalue weighted by Gasteiger charge is 2.25. The van der Waals surface area contributed by atoms with Crippen molar-refractivity contribution in [1.29, 1.82) is 0 Å². The molecule has 0 aliphatic heterocycles. The molecular formula is C17H28N2. The second-order valence-corrected chi connectivity index (χ2v) is 6.41. The summed E-state index contributed by atoms with van der Waals surface area (Å²) in [6.07, 6.45) is 3.83. The minimum atomic E-state index is 0.320. The molecule has 1 atom stereocenters. The first kappa shape index (κ1) is 14.5. The maximum atomic E-state index is 6.12. The van der Waals surface area contributed by atoms with Gasteiger partial charge in [0.15, 0.2) is 0 Å². The van der Waals surface area contributed by atoms with Crippen molar-refractivity contribution in [1.82, 2.24) is 4.90 Å². The van der Waals surface area contributed by atoms with Gasteiger partial charge in [-0.25, -0.2) is 0 Å². The summed E-state index contributed by atoms with van der Waals surface area (Å²) >= 11 is 0. The summed E-state index contributed by atoms with van der Waals surface area (Å²) in [5, 5.41) is 0. The molecule has 19 heavy (non-hydrogen) atoms. The normalized spacial score (nSPS) is 17.2. The minimum absolute atomic E-state index is 0.320. The van der Waals surface area contributed by atoms with E-state index < -0.39 is 0 Å². The number of benzene rings is 1. The quantitative estimate of drug-likeness (QED) is 0.814. The zero-order valence-electron chi connectivity index (χ0n) is 12.6. The molecule has 0 amide bonds. The second kappa shape index (κ2) is 6.53. The molecule has 1 aromatic carbocycles. The van der Waals surface area contributed by atoms with Crippen LogP contribution in [0.3, 0.4) is 0 Å². The lowest BCUT2D eigenvalue weighted by molar-refractivity contribution is 0.295. The summed E-state index contributed by atoms with van der Waals surface area (Å²) in [7, 11) is 2.21. The van der Waals surface area contributed by atoms with Crippen molar-refractivity contribution in [3.05, 3.63) is 35.4 Å². The van der Waals surface area contributed by atoms with E-state index in [1.54, 1.807) is 5.56 Å². The summed E-state index contributed by atoms with van der Waals surface area (Å²) in [5.41, 5.74) is 9.20. The molecule has 1 fully saturated rings. The first-order valence-corrected chi connectivity index (χ1v) is 7.60. The van der Waals surface area contributed by atoms with Crippen molar-refractivity contribution in [3.8, 4) is 0 Å². The van der Waals surface area contributed by atoms with Crippen LogP contribution in [0.4, 0.5) is 0 Å². The van der Waals surface area contributed by atoms with E-state index in [0.717, 1.165) is 25.4 Å². The van der Waals surface area contributed by atoms with Gasteiger partial charge in [0.05, 0.1) is 0 Å². The van der Waals surface area contributed by atoms with Crippen LogP contribution in [0.5, 0.6) is 0 Å². The Bertz CT molecular complexity index is 396. The Morgan fingerprint density at radius 3 is 2.58 bits per heavy atom. The van der Waals surface area contributed by atoms with Gasteiger partial charge in [0, 0.05) is 12.6 Å². The van der Waals surface area contributed by atoms with Crippen LogP contribution in [0.25, 0.3) is 0 Å². The van der Waals surface area contributed by atoms with Gasteiger partial charge in [-0.05, 0) is 55.8 Å².